The average Bonchev–Trinajstić information content (AvgIpc) is 2.03. The van der Waals surface area contributed by atoms with E-state index in [1.54, 1.807) is 14.0 Å². The van der Waals surface area contributed by atoms with Crippen LogP contribution < -0.4 is 0 Å². The number of nitrogens with zero attached hydrogens (tertiary/aromatic N) is 1. The number of likely N-dealkylation sites (N-methyl/N-ethyl adjacent to an activating group) is 1. The first-order valence-electron chi connectivity index (χ1n) is 4.33. The molecule has 0 aliphatic carbocycles. The molecule has 0 aromatic carbocycles. The molecular formula is C9H21NO2. The molecule has 0 aromatic heterocycles. The Morgan fingerprint density at radius 3 is 2.25 bits per heavy atom. The van der Waals surface area contributed by atoms with Crippen LogP contribution in [0.25, 0.3) is 0 Å². The van der Waals surface area contributed by atoms with Gasteiger partial charge in [-0.2, -0.15) is 0 Å². The Bertz CT molecular complexity index is 105. The van der Waals surface area contributed by atoms with Crippen LogP contribution in [0.5, 0.6) is 0 Å². The number of hydrogen-bond acceptors (Lipinski definition) is 3. The summed E-state index contributed by atoms with van der Waals surface area (Å²) in [6.45, 7) is 7.60. The van der Waals surface area contributed by atoms with Gasteiger partial charge in [0.1, 0.15) is 5.78 Å². The van der Waals surface area contributed by atoms with Crippen LogP contribution in [0.2, 0.25) is 0 Å². The molecule has 0 aromatic rings. The van der Waals surface area contributed by atoms with Crippen LogP contribution in [0, 0.1) is 0 Å². The Balaban J connectivity index is 0. The van der Waals surface area contributed by atoms with E-state index >= 15 is 0 Å². The topological polar surface area (TPSA) is 29.5 Å². The summed E-state index contributed by atoms with van der Waals surface area (Å²) in [6.07, 6.45) is 0. The van der Waals surface area contributed by atoms with Crippen LogP contribution >= 0.6 is 0 Å². The molecule has 12 heavy (non-hydrogen) atoms. The number of carbonyl (C=O) groups excluding carboxylic acids is 1. The van der Waals surface area contributed by atoms with Crippen molar-refractivity contribution in [2.75, 3.05) is 33.9 Å². The molecule has 0 N–H and O–H groups in total. The summed E-state index contributed by atoms with van der Waals surface area (Å²) in [5.41, 5.74) is 0. The molecule has 0 bridgehead atoms. The van der Waals surface area contributed by atoms with E-state index in [4.69, 9.17) is 4.74 Å². The lowest BCUT2D eigenvalue weighted by atomic mass is 10.4. The summed E-state index contributed by atoms with van der Waals surface area (Å²) in [4.78, 5) is 12.5. The first-order valence-corrected chi connectivity index (χ1v) is 4.33. The zero-order chi connectivity index (χ0) is 9.98. The lowest BCUT2D eigenvalue weighted by Crippen LogP contribution is -2.27. The standard InChI is InChI=1S/C7H15NO2.C2H6/c1-7(9)6-8(2)4-5-10-3;1-2/h4-6H2,1-3H3;1-2H3. The molecule has 74 valence electrons. The first kappa shape index (κ1) is 14.1. The molecule has 0 fully saturated rings. The maximum absolute atomic E-state index is 10.5. The summed E-state index contributed by atoms with van der Waals surface area (Å²) in [5, 5.41) is 0. The lowest BCUT2D eigenvalue weighted by molar-refractivity contribution is -0.117. The summed E-state index contributed by atoms with van der Waals surface area (Å²) < 4.78 is 4.84. The molecular weight excluding hydrogens is 154 g/mol. The molecule has 0 aliphatic rings. The molecule has 0 saturated heterocycles. The van der Waals surface area contributed by atoms with Gasteiger partial charge in [0, 0.05) is 13.7 Å². The zero-order valence-electron chi connectivity index (χ0n) is 8.89. The van der Waals surface area contributed by atoms with Gasteiger partial charge in [0.15, 0.2) is 0 Å². The summed E-state index contributed by atoms with van der Waals surface area (Å²) in [6, 6.07) is 0. The third-order valence-electron chi connectivity index (χ3n) is 1.17. The second-order valence-corrected chi connectivity index (χ2v) is 2.43. The number of Topliss-reactive ketones (excluding diaryl/α,β-unsaturated/α-hetero) is 1. The molecule has 0 unspecified atom stereocenters. The third kappa shape index (κ3) is 12.3. The predicted molar refractivity (Wildman–Crippen MR) is 51.4 cm³/mol. The molecule has 0 rings (SSSR count). The fourth-order valence-corrected chi connectivity index (χ4v) is 0.706. The summed E-state index contributed by atoms with van der Waals surface area (Å²) >= 11 is 0. The van der Waals surface area contributed by atoms with E-state index in [1.165, 1.54) is 0 Å². The maximum atomic E-state index is 10.5. The molecule has 0 aliphatic heterocycles. The maximum Gasteiger partial charge on any atom is 0.143 e. The monoisotopic (exact) mass is 175 g/mol. The van der Waals surface area contributed by atoms with Crippen molar-refractivity contribution in [3.63, 3.8) is 0 Å². The minimum Gasteiger partial charge on any atom is -0.383 e. The molecule has 0 radical (unpaired) electrons. The predicted octanol–water partition coefficient (Wildman–Crippen LogP) is 1.18. The molecule has 0 spiro atoms. The van der Waals surface area contributed by atoms with Crippen LogP contribution in [0.3, 0.4) is 0 Å². The molecule has 0 saturated carbocycles. The molecule has 3 heteroatoms. The normalized spacial score (nSPS) is 9.17. The Kier molecular flexibility index (Phi) is 12.5. The van der Waals surface area contributed by atoms with E-state index < -0.39 is 0 Å². The van der Waals surface area contributed by atoms with Crippen molar-refractivity contribution in [1.29, 1.82) is 0 Å². The van der Waals surface area contributed by atoms with Crippen molar-refractivity contribution in [3.05, 3.63) is 0 Å². The largest absolute Gasteiger partial charge is 0.383 e. The number of hydrogen-bond donors (Lipinski definition) is 0. The SMILES string of the molecule is CC.COCCN(C)CC(C)=O. The highest BCUT2D eigenvalue weighted by Gasteiger charge is 1.99. The number of carbonyl (C=O) groups is 1. The van der Waals surface area contributed by atoms with Crippen molar-refractivity contribution in [3.8, 4) is 0 Å². The van der Waals surface area contributed by atoms with Gasteiger partial charge >= 0.3 is 0 Å². The quantitative estimate of drug-likeness (QED) is 0.628. The van der Waals surface area contributed by atoms with E-state index in [0.717, 1.165) is 6.54 Å². The first-order chi connectivity index (χ1) is 5.66. The van der Waals surface area contributed by atoms with Gasteiger partial charge in [0.05, 0.1) is 13.2 Å². The van der Waals surface area contributed by atoms with Gasteiger partial charge in [-0.25, -0.2) is 0 Å². The lowest BCUT2D eigenvalue weighted by Gasteiger charge is -2.12. The zero-order valence-corrected chi connectivity index (χ0v) is 8.89. The van der Waals surface area contributed by atoms with E-state index in [0.29, 0.717) is 13.2 Å². The van der Waals surface area contributed by atoms with Gasteiger partial charge in [-0.05, 0) is 14.0 Å². The van der Waals surface area contributed by atoms with E-state index in [-0.39, 0.29) is 5.78 Å². The van der Waals surface area contributed by atoms with E-state index in [1.807, 2.05) is 25.8 Å². The van der Waals surface area contributed by atoms with Crippen molar-refractivity contribution in [2.45, 2.75) is 20.8 Å². The van der Waals surface area contributed by atoms with Crippen LogP contribution in [0.15, 0.2) is 0 Å². The van der Waals surface area contributed by atoms with Crippen LogP contribution in [0.1, 0.15) is 20.8 Å². The van der Waals surface area contributed by atoms with Crippen molar-refractivity contribution in [1.82, 2.24) is 4.90 Å². The second kappa shape index (κ2) is 10.6. The Morgan fingerprint density at radius 2 is 1.92 bits per heavy atom. The highest BCUT2D eigenvalue weighted by Crippen LogP contribution is 1.82. The Hall–Kier alpha value is -0.410. The minimum absolute atomic E-state index is 0.193. The molecule has 0 amide bonds. The van der Waals surface area contributed by atoms with Gasteiger partial charge in [-0.1, -0.05) is 13.8 Å². The minimum atomic E-state index is 0.193. The van der Waals surface area contributed by atoms with Gasteiger partial charge in [0.2, 0.25) is 0 Å². The van der Waals surface area contributed by atoms with E-state index in [9.17, 15) is 4.79 Å². The summed E-state index contributed by atoms with van der Waals surface area (Å²) in [7, 11) is 3.56. The molecule has 3 nitrogen and oxygen atoms in total. The number of ether oxygens (including phenoxy) is 1. The van der Waals surface area contributed by atoms with Gasteiger partial charge < -0.3 is 4.74 Å². The van der Waals surface area contributed by atoms with E-state index in [2.05, 4.69) is 0 Å². The average molecular weight is 175 g/mol. The van der Waals surface area contributed by atoms with Gasteiger partial charge in [-0.15, -0.1) is 0 Å². The number of ketones is 1. The number of methoxy groups -OCH3 is 1. The van der Waals surface area contributed by atoms with Crippen LogP contribution in [-0.4, -0.2) is 44.5 Å². The van der Waals surface area contributed by atoms with Crippen molar-refractivity contribution in [2.24, 2.45) is 0 Å². The van der Waals surface area contributed by atoms with Crippen molar-refractivity contribution < 1.29 is 9.53 Å². The highest BCUT2D eigenvalue weighted by atomic mass is 16.5. The van der Waals surface area contributed by atoms with Crippen LogP contribution in [0.4, 0.5) is 0 Å². The fraction of sp³-hybridized carbons (Fsp3) is 0.889. The second-order valence-electron chi connectivity index (χ2n) is 2.43. The van der Waals surface area contributed by atoms with Crippen molar-refractivity contribution >= 4 is 5.78 Å². The highest BCUT2D eigenvalue weighted by molar-refractivity contribution is 5.77. The Morgan fingerprint density at radius 1 is 1.42 bits per heavy atom. The van der Waals surface area contributed by atoms with Gasteiger partial charge in [0.25, 0.3) is 0 Å². The fourth-order valence-electron chi connectivity index (χ4n) is 0.706. The summed E-state index contributed by atoms with van der Waals surface area (Å²) in [5.74, 6) is 0.193. The van der Waals surface area contributed by atoms with Gasteiger partial charge in [-0.3, -0.25) is 9.69 Å². The smallest absolute Gasteiger partial charge is 0.143 e. The Labute approximate surface area is 75.7 Å². The molecule has 0 atom stereocenters. The van der Waals surface area contributed by atoms with Crippen LogP contribution in [-0.2, 0) is 9.53 Å². The molecule has 0 heterocycles. The number of rotatable bonds is 5. The third-order valence-corrected chi connectivity index (χ3v) is 1.17.